The molecule has 2 fully saturated rings. The van der Waals surface area contributed by atoms with E-state index in [1.165, 1.54) is 11.1 Å². The molecule has 0 unspecified atom stereocenters. The molecular formula is C18H25N5O2. The van der Waals surface area contributed by atoms with Crippen molar-refractivity contribution in [3.8, 4) is 0 Å². The van der Waals surface area contributed by atoms with Crippen molar-refractivity contribution >= 4 is 5.91 Å². The molecule has 7 heteroatoms. The summed E-state index contributed by atoms with van der Waals surface area (Å²) in [5.74, 6) is 1.72. The molecule has 0 spiro atoms. The van der Waals surface area contributed by atoms with Gasteiger partial charge in [-0.15, -0.1) is 0 Å². The summed E-state index contributed by atoms with van der Waals surface area (Å²) in [5.41, 5.74) is 3.34. The lowest BCUT2D eigenvalue weighted by Gasteiger charge is -2.34. The van der Waals surface area contributed by atoms with Gasteiger partial charge in [-0.3, -0.25) is 14.4 Å². The molecule has 134 valence electrons. The molecule has 1 aliphatic carbocycles. The number of carbonyl (C=O) groups is 1. The van der Waals surface area contributed by atoms with Gasteiger partial charge in [0.1, 0.15) is 5.76 Å². The Morgan fingerprint density at radius 1 is 1.28 bits per heavy atom. The van der Waals surface area contributed by atoms with Crippen molar-refractivity contribution in [1.29, 1.82) is 0 Å². The van der Waals surface area contributed by atoms with E-state index in [-0.39, 0.29) is 5.92 Å². The first-order valence-corrected chi connectivity index (χ1v) is 8.94. The summed E-state index contributed by atoms with van der Waals surface area (Å²) in [5, 5.41) is 8.24. The lowest BCUT2D eigenvalue weighted by molar-refractivity contribution is -0.134. The van der Waals surface area contributed by atoms with Crippen LogP contribution in [0.15, 0.2) is 16.9 Å². The molecule has 1 aliphatic heterocycles. The Bertz CT molecular complexity index is 753. The predicted molar refractivity (Wildman–Crippen MR) is 91.9 cm³/mol. The largest absolute Gasteiger partial charge is 0.361 e. The molecule has 4 rings (SSSR count). The number of nitrogens with zero attached hydrogens (tertiary/aromatic N) is 5. The smallest absolute Gasteiger partial charge is 0.226 e. The quantitative estimate of drug-likeness (QED) is 0.841. The average molecular weight is 343 g/mol. The van der Waals surface area contributed by atoms with E-state index in [9.17, 15) is 4.79 Å². The van der Waals surface area contributed by atoms with Gasteiger partial charge in [-0.2, -0.15) is 5.10 Å². The minimum atomic E-state index is 0.151. The summed E-state index contributed by atoms with van der Waals surface area (Å²) in [7, 11) is 1.92. The molecule has 25 heavy (non-hydrogen) atoms. The van der Waals surface area contributed by atoms with E-state index < -0.39 is 0 Å². The Hall–Kier alpha value is -2.15. The van der Waals surface area contributed by atoms with Gasteiger partial charge in [-0.25, -0.2) is 0 Å². The highest BCUT2D eigenvalue weighted by Gasteiger charge is 2.46. The third-order valence-corrected chi connectivity index (χ3v) is 5.51. The number of rotatable bonds is 4. The van der Waals surface area contributed by atoms with E-state index in [1.807, 2.05) is 42.9 Å². The molecule has 0 bridgehead atoms. The molecule has 3 heterocycles. The minimum absolute atomic E-state index is 0.151. The van der Waals surface area contributed by atoms with E-state index in [1.54, 1.807) is 0 Å². The summed E-state index contributed by atoms with van der Waals surface area (Å²) in [6.07, 6.45) is 4.88. The number of hydrogen-bond donors (Lipinski definition) is 0. The van der Waals surface area contributed by atoms with E-state index >= 15 is 0 Å². The fraction of sp³-hybridized carbons (Fsp3) is 0.611. The third-order valence-electron chi connectivity index (χ3n) is 5.51. The zero-order chi connectivity index (χ0) is 17.6. The Labute approximate surface area is 147 Å². The minimum Gasteiger partial charge on any atom is -0.361 e. The Kier molecular flexibility index (Phi) is 4.11. The molecule has 0 aromatic carbocycles. The van der Waals surface area contributed by atoms with Gasteiger partial charge in [0.25, 0.3) is 0 Å². The highest BCUT2D eigenvalue weighted by molar-refractivity contribution is 5.83. The third kappa shape index (κ3) is 3.20. The summed E-state index contributed by atoms with van der Waals surface area (Å²) in [4.78, 5) is 17.1. The second-order valence-corrected chi connectivity index (χ2v) is 7.30. The zero-order valence-corrected chi connectivity index (χ0v) is 15.1. The van der Waals surface area contributed by atoms with Gasteiger partial charge in [0, 0.05) is 57.4 Å². The molecule has 0 N–H and O–H groups in total. The van der Waals surface area contributed by atoms with Gasteiger partial charge in [0.2, 0.25) is 5.91 Å². The van der Waals surface area contributed by atoms with Gasteiger partial charge < -0.3 is 9.42 Å². The monoisotopic (exact) mass is 343 g/mol. The van der Waals surface area contributed by atoms with Crippen molar-refractivity contribution < 1.29 is 9.32 Å². The Balaban J connectivity index is 1.30. The van der Waals surface area contributed by atoms with Crippen LogP contribution in [0.5, 0.6) is 0 Å². The first-order chi connectivity index (χ1) is 12.0. The van der Waals surface area contributed by atoms with E-state index in [4.69, 9.17) is 4.52 Å². The molecule has 1 amide bonds. The lowest BCUT2D eigenvalue weighted by atomic mass is 10.1. The van der Waals surface area contributed by atoms with Crippen LogP contribution in [-0.4, -0.2) is 56.8 Å². The predicted octanol–water partition coefficient (Wildman–Crippen LogP) is 1.47. The van der Waals surface area contributed by atoms with Crippen molar-refractivity contribution in [3.63, 3.8) is 0 Å². The van der Waals surface area contributed by atoms with Crippen LogP contribution >= 0.6 is 0 Å². The fourth-order valence-corrected chi connectivity index (χ4v) is 3.78. The second kappa shape index (κ2) is 6.29. The van der Waals surface area contributed by atoms with Crippen LogP contribution in [0, 0.1) is 19.8 Å². The van der Waals surface area contributed by atoms with Crippen molar-refractivity contribution in [2.24, 2.45) is 13.0 Å². The second-order valence-electron chi connectivity index (χ2n) is 7.30. The summed E-state index contributed by atoms with van der Waals surface area (Å²) in [6.45, 7) is 8.21. The van der Waals surface area contributed by atoms with Crippen molar-refractivity contribution in [2.75, 3.05) is 26.2 Å². The summed E-state index contributed by atoms with van der Waals surface area (Å²) >= 11 is 0. The number of piperazine rings is 1. The first-order valence-electron chi connectivity index (χ1n) is 8.94. The van der Waals surface area contributed by atoms with E-state index in [0.29, 0.717) is 11.8 Å². The first kappa shape index (κ1) is 16.3. The van der Waals surface area contributed by atoms with Gasteiger partial charge in [-0.05, 0) is 31.7 Å². The normalized spacial score (nSPS) is 23.9. The summed E-state index contributed by atoms with van der Waals surface area (Å²) in [6, 6.07) is 0. The number of aryl methyl sites for hydroxylation is 3. The highest BCUT2D eigenvalue weighted by Crippen LogP contribution is 2.48. The van der Waals surface area contributed by atoms with Gasteiger partial charge in [-0.1, -0.05) is 5.16 Å². The fourth-order valence-electron chi connectivity index (χ4n) is 3.78. The number of aromatic nitrogens is 3. The van der Waals surface area contributed by atoms with Crippen LogP contribution in [0.1, 0.15) is 34.9 Å². The van der Waals surface area contributed by atoms with E-state index in [0.717, 1.165) is 50.6 Å². The molecule has 2 aromatic rings. The van der Waals surface area contributed by atoms with Crippen molar-refractivity contribution in [3.05, 3.63) is 35.0 Å². The van der Waals surface area contributed by atoms with Crippen LogP contribution in [-0.2, 0) is 18.4 Å². The standard InChI is InChI=1S/C18H25N5O2/c1-12-17(13(2)25-20-12)11-22-4-6-23(7-5-22)18(24)16-8-15(16)14-9-19-21(3)10-14/h9-10,15-16H,4-8,11H2,1-3H3/t15-,16-/m0/s1. The number of carbonyl (C=O) groups excluding carboxylic acids is 1. The molecule has 1 saturated heterocycles. The molecule has 2 aromatic heterocycles. The Morgan fingerprint density at radius 2 is 2.04 bits per heavy atom. The van der Waals surface area contributed by atoms with Crippen LogP contribution in [0.25, 0.3) is 0 Å². The van der Waals surface area contributed by atoms with Crippen LogP contribution in [0.2, 0.25) is 0 Å². The molecule has 0 radical (unpaired) electrons. The molecule has 1 saturated carbocycles. The van der Waals surface area contributed by atoms with Gasteiger partial charge >= 0.3 is 0 Å². The van der Waals surface area contributed by atoms with Crippen molar-refractivity contribution in [1.82, 2.24) is 24.7 Å². The maximum absolute atomic E-state index is 12.7. The zero-order valence-electron chi connectivity index (χ0n) is 15.1. The molecule has 2 aliphatic rings. The van der Waals surface area contributed by atoms with Gasteiger partial charge in [0.05, 0.1) is 11.9 Å². The Morgan fingerprint density at radius 3 is 2.64 bits per heavy atom. The lowest BCUT2D eigenvalue weighted by Crippen LogP contribution is -2.48. The van der Waals surface area contributed by atoms with Crippen molar-refractivity contribution in [2.45, 2.75) is 32.7 Å². The maximum atomic E-state index is 12.7. The molecule has 2 atom stereocenters. The molecule has 7 nitrogen and oxygen atoms in total. The van der Waals surface area contributed by atoms with Crippen LogP contribution in [0.4, 0.5) is 0 Å². The van der Waals surface area contributed by atoms with E-state index in [2.05, 4.69) is 15.2 Å². The topological polar surface area (TPSA) is 67.4 Å². The SMILES string of the molecule is Cc1noc(C)c1CN1CCN(C(=O)[C@H]2C[C@H]2c2cnn(C)c2)CC1. The van der Waals surface area contributed by atoms with Crippen LogP contribution in [0.3, 0.4) is 0 Å². The summed E-state index contributed by atoms with van der Waals surface area (Å²) < 4.78 is 7.05. The number of amides is 1. The molecular weight excluding hydrogens is 318 g/mol. The average Bonchev–Trinajstić information content (AvgIpc) is 3.20. The van der Waals surface area contributed by atoms with Gasteiger partial charge in [0.15, 0.2) is 0 Å². The maximum Gasteiger partial charge on any atom is 0.226 e. The highest BCUT2D eigenvalue weighted by atomic mass is 16.5. The number of hydrogen-bond acceptors (Lipinski definition) is 5. The van der Waals surface area contributed by atoms with Crippen LogP contribution < -0.4 is 0 Å².